The van der Waals surface area contributed by atoms with Gasteiger partial charge in [0.25, 0.3) is 0 Å². The fourth-order valence-corrected chi connectivity index (χ4v) is 6.69. The molecule has 4 aliphatic rings. The number of fused-ring (bicyclic) bond motifs is 5. The van der Waals surface area contributed by atoms with Crippen molar-refractivity contribution in [3.05, 3.63) is 23.8 Å². The van der Waals surface area contributed by atoms with Gasteiger partial charge in [0.2, 0.25) is 0 Å². The maximum absolute atomic E-state index is 12.2. The first kappa shape index (κ1) is 16.3. The summed E-state index contributed by atoms with van der Waals surface area (Å²) >= 11 is 0. The predicted octanol–water partition coefficient (Wildman–Crippen LogP) is 3.47. The molecule has 4 rings (SSSR count). The van der Waals surface area contributed by atoms with E-state index in [0.29, 0.717) is 24.7 Å². The molecule has 0 spiro atoms. The predicted molar refractivity (Wildman–Crippen MR) is 92.2 cm³/mol. The van der Waals surface area contributed by atoms with Gasteiger partial charge in [0.15, 0.2) is 5.78 Å². The van der Waals surface area contributed by atoms with Crippen LogP contribution in [0.1, 0.15) is 52.9 Å². The van der Waals surface area contributed by atoms with Crippen molar-refractivity contribution in [2.45, 2.75) is 59.0 Å². The Morgan fingerprint density at radius 2 is 2.04 bits per heavy atom. The van der Waals surface area contributed by atoms with Gasteiger partial charge in [-0.05, 0) is 72.8 Å². The third kappa shape index (κ3) is 2.00. The van der Waals surface area contributed by atoms with Crippen molar-refractivity contribution < 1.29 is 14.7 Å². The Hall–Kier alpha value is -1.22. The van der Waals surface area contributed by atoms with E-state index in [1.165, 1.54) is 5.57 Å². The highest BCUT2D eigenvalue weighted by Crippen LogP contribution is 2.65. The van der Waals surface area contributed by atoms with Crippen molar-refractivity contribution >= 4 is 11.6 Å². The molecule has 7 atom stereocenters. The van der Waals surface area contributed by atoms with Crippen molar-refractivity contribution in [3.63, 3.8) is 0 Å². The molecule has 2 saturated carbocycles. The molecule has 0 amide bonds. The first-order valence-corrected chi connectivity index (χ1v) is 9.39. The maximum atomic E-state index is 12.2. The molecule has 0 aromatic rings. The van der Waals surface area contributed by atoms with Crippen molar-refractivity contribution in [2.24, 2.45) is 34.5 Å². The molecule has 0 radical (unpaired) electrons. The van der Waals surface area contributed by atoms with Gasteiger partial charge in [-0.25, -0.2) is 0 Å². The molecule has 24 heavy (non-hydrogen) atoms. The second-order valence-corrected chi connectivity index (χ2v) is 9.06. The van der Waals surface area contributed by atoms with Crippen LogP contribution in [0.2, 0.25) is 0 Å². The third-order valence-electron chi connectivity index (χ3n) is 8.00. The molecule has 0 heterocycles. The number of carbonyl (C=O) groups excluding carboxylic acids is 2. The van der Waals surface area contributed by atoms with Crippen LogP contribution in [-0.4, -0.2) is 22.8 Å². The number of Topliss-reactive ketones (excluding diaryl/α,β-unsaturated/α-hetero) is 1. The Bertz CT molecular complexity index is 660. The number of allylic oxidation sites excluding steroid dienone is 4. The largest absolute Gasteiger partial charge is 0.393 e. The molecule has 3 nitrogen and oxygen atoms in total. The molecule has 1 N–H and O–H groups in total. The van der Waals surface area contributed by atoms with E-state index in [9.17, 15) is 14.7 Å². The molecular weight excluding hydrogens is 300 g/mol. The lowest BCUT2D eigenvalue weighted by molar-refractivity contribution is -0.127. The van der Waals surface area contributed by atoms with Crippen LogP contribution in [0, 0.1) is 34.5 Å². The van der Waals surface area contributed by atoms with Crippen molar-refractivity contribution in [1.82, 2.24) is 0 Å². The van der Waals surface area contributed by atoms with E-state index in [1.807, 2.05) is 6.08 Å². The van der Waals surface area contributed by atoms with E-state index in [1.54, 1.807) is 6.92 Å². The highest BCUT2D eigenvalue weighted by Gasteiger charge is 2.61. The van der Waals surface area contributed by atoms with Crippen molar-refractivity contribution in [2.75, 3.05) is 0 Å². The molecule has 0 saturated heterocycles. The van der Waals surface area contributed by atoms with Gasteiger partial charge in [-0.15, -0.1) is 0 Å². The number of rotatable bonds is 1. The Labute approximate surface area is 144 Å². The topological polar surface area (TPSA) is 54.4 Å². The molecule has 0 aliphatic heterocycles. The number of hydrogen-bond acceptors (Lipinski definition) is 3. The Kier molecular flexibility index (Phi) is 3.48. The van der Waals surface area contributed by atoms with Gasteiger partial charge < -0.3 is 5.11 Å². The zero-order valence-corrected chi connectivity index (χ0v) is 14.9. The average molecular weight is 328 g/mol. The summed E-state index contributed by atoms with van der Waals surface area (Å²) < 4.78 is 0. The minimum absolute atomic E-state index is 0.00970. The highest BCUT2D eigenvalue weighted by molar-refractivity contribution is 5.92. The summed E-state index contributed by atoms with van der Waals surface area (Å²) in [5, 5.41) is 10.8. The van der Waals surface area contributed by atoms with Gasteiger partial charge in [0, 0.05) is 12.3 Å². The summed E-state index contributed by atoms with van der Waals surface area (Å²) in [7, 11) is 0. The molecule has 3 heteroatoms. The van der Waals surface area contributed by atoms with Gasteiger partial charge in [0.1, 0.15) is 5.78 Å². The quantitative estimate of drug-likeness (QED) is 0.802. The van der Waals surface area contributed by atoms with E-state index in [-0.39, 0.29) is 40.3 Å². The summed E-state index contributed by atoms with van der Waals surface area (Å²) in [5.74, 6) is 1.41. The smallest absolute Gasteiger partial charge is 0.156 e. The lowest BCUT2D eigenvalue weighted by atomic mass is 9.48. The number of carbonyl (C=O) groups is 2. The van der Waals surface area contributed by atoms with Crippen molar-refractivity contribution in [3.8, 4) is 0 Å². The van der Waals surface area contributed by atoms with Crippen LogP contribution in [0.15, 0.2) is 23.8 Å². The molecule has 2 fully saturated rings. The molecule has 0 aromatic heterocycles. The third-order valence-corrected chi connectivity index (χ3v) is 8.00. The van der Waals surface area contributed by atoms with Crippen LogP contribution in [0.4, 0.5) is 0 Å². The number of ketones is 2. The lowest BCUT2D eigenvalue weighted by Gasteiger charge is -2.56. The Morgan fingerprint density at radius 1 is 1.29 bits per heavy atom. The molecular formula is C21H28O3. The minimum atomic E-state index is -0.388. The number of hydrogen-bond donors (Lipinski definition) is 1. The standard InChI is InChI=1S/C21H28O3/c1-12(22)17-11-18(24)19-15-5-4-13-10-14(23)6-8-20(13,2)16(15)7-9-21(17,19)3/h4-5,10,15-19,24H,6-9,11H2,1-3H3/t15-,16+,17?,18?,19-,20+,21-/m1/s1. The normalized spacial score (nSPS) is 49.9. The van der Waals surface area contributed by atoms with Crippen LogP contribution in [0.5, 0.6) is 0 Å². The summed E-state index contributed by atoms with van der Waals surface area (Å²) in [5.41, 5.74) is 1.14. The first-order valence-electron chi connectivity index (χ1n) is 9.39. The zero-order chi connectivity index (χ0) is 17.3. The fourth-order valence-electron chi connectivity index (χ4n) is 6.69. The molecule has 130 valence electrons. The Morgan fingerprint density at radius 3 is 2.75 bits per heavy atom. The summed E-state index contributed by atoms with van der Waals surface area (Å²) in [6.07, 6.45) is 10.1. The molecule has 4 aliphatic carbocycles. The van der Waals surface area contributed by atoms with E-state index < -0.39 is 0 Å². The zero-order valence-electron chi connectivity index (χ0n) is 14.9. The van der Waals surface area contributed by atoms with E-state index >= 15 is 0 Å². The van der Waals surface area contributed by atoms with Gasteiger partial charge >= 0.3 is 0 Å². The lowest BCUT2D eigenvalue weighted by Crippen LogP contribution is -2.51. The van der Waals surface area contributed by atoms with Crippen LogP contribution < -0.4 is 0 Å². The van der Waals surface area contributed by atoms with Crippen LogP contribution in [0.25, 0.3) is 0 Å². The summed E-state index contributed by atoms with van der Waals surface area (Å²) in [6, 6.07) is 0. The van der Waals surface area contributed by atoms with Crippen LogP contribution in [0.3, 0.4) is 0 Å². The second-order valence-electron chi connectivity index (χ2n) is 9.06. The summed E-state index contributed by atoms with van der Waals surface area (Å²) in [6.45, 7) is 6.21. The van der Waals surface area contributed by atoms with E-state index in [4.69, 9.17) is 0 Å². The number of aliphatic hydroxyl groups excluding tert-OH is 1. The first-order chi connectivity index (χ1) is 11.3. The molecule has 2 unspecified atom stereocenters. The highest BCUT2D eigenvalue weighted by atomic mass is 16.3. The van der Waals surface area contributed by atoms with E-state index in [2.05, 4.69) is 26.0 Å². The van der Waals surface area contributed by atoms with Gasteiger partial charge in [-0.3, -0.25) is 9.59 Å². The number of aliphatic hydroxyl groups is 1. The molecule has 0 aromatic carbocycles. The Balaban J connectivity index is 1.76. The second kappa shape index (κ2) is 5.14. The fraction of sp³-hybridized carbons (Fsp3) is 0.714. The van der Waals surface area contributed by atoms with Gasteiger partial charge in [0.05, 0.1) is 6.10 Å². The van der Waals surface area contributed by atoms with Gasteiger partial charge in [-0.1, -0.05) is 26.0 Å². The minimum Gasteiger partial charge on any atom is -0.393 e. The van der Waals surface area contributed by atoms with Gasteiger partial charge in [-0.2, -0.15) is 0 Å². The SMILES string of the molecule is CC(=O)C1CC(O)[C@H]2[C@@H]3C=CC4=CC(=O)CC[C@]4(C)[C@H]3CC[C@]12C. The van der Waals surface area contributed by atoms with Crippen LogP contribution >= 0.6 is 0 Å². The summed E-state index contributed by atoms with van der Waals surface area (Å²) in [4.78, 5) is 24.0. The maximum Gasteiger partial charge on any atom is 0.156 e. The van der Waals surface area contributed by atoms with E-state index in [0.717, 1.165) is 19.3 Å². The molecule has 0 bridgehead atoms. The monoisotopic (exact) mass is 328 g/mol. The average Bonchev–Trinajstić information content (AvgIpc) is 2.80. The van der Waals surface area contributed by atoms with Crippen molar-refractivity contribution in [1.29, 1.82) is 0 Å². The van der Waals surface area contributed by atoms with Crippen LogP contribution in [-0.2, 0) is 9.59 Å².